The second-order valence-corrected chi connectivity index (χ2v) is 7.06. The summed E-state index contributed by atoms with van der Waals surface area (Å²) in [5.74, 6) is 0. The molecule has 1 aromatic carbocycles. The van der Waals surface area contributed by atoms with Crippen LogP contribution in [0, 0.1) is 6.92 Å². The fourth-order valence-electron chi connectivity index (χ4n) is 2.35. The Balaban J connectivity index is 1.91. The molecule has 3 rings (SSSR count). The van der Waals surface area contributed by atoms with Gasteiger partial charge in [-0.05, 0) is 25.3 Å². The molecule has 1 saturated carbocycles. The van der Waals surface area contributed by atoms with E-state index < -0.39 is 15.6 Å². The zero-order chi connectivity index (χ0) is 14.4. The minimum Gasteiger partial charge on any atom is -0.339 e. The highest BCUT2D eigenvalue weighted by atomic mass is 32.2. The molecule has 1 aromatic heterocycles. The van der Waals surface area contributed by atoms with Crippen molar-refractivity contribution in [3.8, 4) is 0 Å². The maximum Gasteiger partial charge on any atom is 0.260 e. The lowest BCUT2D eigenvalue weighted by atomic mass is 10.0. The van der Waals surface area contributed by atoms with Gasteiger partial charge in [0.25, 0.3) is 10.0 Å². The molecule has 6 heteroatoms. The predicted molar refractivity (Wildman–Crippen MR) is 75.6 cm³/mol. The van der Waals surface area contributed by atoms with Crippen LogP contribution >= 0.6 is 0 Å². The van der Waals surface area contributed by atoms with Gasteiger partial charge in [-0.15, -0.1) is 0 Å². The smallest absolute Gasteiger partial charge is 0.260 e. The molecule has 0 atom stereocenters. The average molecular weight is 291 g/mol. The van der Waals surface area contributed by atoms with E-state index in [0.717, 1.165) is 24.0 Å². The maximum absolute atomic E-state index is 12.4. The molecule has 5 nitrogen and oxygen atoms in total. The van der Waals surface area contributed by atoms with Crippen LogP contribution in [0.3, 0.4) is 0 Å². The van der Waals surface area contributed by atoms with Crippen LogP contribution in [0.5, 0.6) is 0 Å². The summed E-state index contributed by atoms with van der Waals surface area (Å²) >= 11 is 0. The molecule has 1 aliphatic carbocycles. The highest BCUT2D eigenvalue weighted by Crippen LogP contribution is 2.46. The SMILES string of the molecule is Cc1cccc(C2(NS(=O)(=O)c3cn(C)cn3)CC2)c1. The van der Waals surface area contributed by atoms with E-state index in [1.165, 1.54) is 12.5 Å². The second-order valence-electron chi connectivity index (χ2n) is 5.43. The Kier molecular flexibility index (Phi) is 2.95. The number of imidazole rings is 1. The molecular formula is C14H17N3O2S. The number of rotatable bonds is 4. The average Bonchev–Trinajstić information content (AvgIpc) is 3.01. The Morgan fingerprint density at radius 1 is 1.35 bits per heavy atom. The number of hydrogen-bond donors (Lipinski definition) is 1. The topological polar surface area (TPSA) is 64.0 Å². The van der Waals surface area contributed by atoms with E-state index in [1.54, 1.807) is 11.6 Å². The third-order valence-electron chi connectivity index (χ3n) is 3.61. The normalized spacial score (nSPS) is 17.1. The van der Waals surface area contributed by atoms with Gasteiger partial charge in [0.1, 0.15) is 0 Å². The van der Waals surface area contributed by atoms with E-state index in [4.69, 9.17) is 0 Å². The summed E-state index contributed by atoms with van der Waals surface area (Å²) in [7, 11) is -1.83. The van der Waals surface area contributed by atoms with Crippen LogP contribution in [0.4, 0.5) is 0 Å². The summed E-state index contributed by atoms with van der Waals surface area (Å²) in [5, 5.41) is 0.0685. The van der Waals surface area contributed by atoms with Crippen molar-refractivity contribution < 1.29 is 8.42 Å². The van der Waals surface area contributed by atoms with Crippen LogP contribution in [-0.4, -0.2) is 18.0 Å². The Labute approximate surface area is 118 Å². The van der Waals surface area contributed by atoms with E-state index in [-0.39, 0.29) is 5.03 Å². The Hall–Kier alpha value is -1.66. The van der Waals surface area contributed by atoms with E-state index in [0.29, 0.717) is 0 Å². The lowest BCUT2D eigenvalue weighted by Gasteiger charge is -2.17. The molecule has 106 valence electrons. The van der Waals surface area contributed by atoms with Gasteiger partial charge in [-0.2, -0.15) is 4.72 Å². The molecule has 1 fully saturated rings. The van der Waals surface area contributed by atoms with Crippen molar-refractivity contribution in [2.75, 3.05) is 0 Å². The van der Waals surface area contributed by atoms with Gasteiger partial charge in [0.15, 0.2) is 5.03 Å². The number of benzene rings is 1. The van der Waals surface area contributed by atoms with Gasteiger partial charge in [0, 0.05) is 13.2 Å². The molecule has 0 spiro atoms. The molecule has 1 N–H and O–H groups in total. The molecule has 20 heavy (non-hydrogen) atoms. The Morgan fingerprint density at radius 3 is 2.65 bits per heavy atom. The van der Waals surface area contributed by atoms with Crippen LogP contribution in [0.15, 0.2) is 41.8 Å². The van der Waals surface area contributed by atoms with Crippen LogP contribution in [0.1, 0.15) is 24.0 Å². The number of nitrogens with one attached hydrogen (secondary N) is 1. The quantitative estimate of drug-likeness (QED) is 0.932. The summed E-state index contributed by atoms with van der Waals surface area (Å²) in [6.45, 7) is 2.01. The van der Waals surface area contributed by atoms with Crippen LogP contribution in [0.2, 0.25) is 0 Å². The first-order valence-electron chi connectivity index (χ1n) is 6.50. The molecule has 0 amide bonds. The zero-order valence-electron chi connectivity index (χ0n) is 11.5. The van der Waals surface area contributed by atoms with Crippen molar-refractivity contribution in [1.82, 2.24) is 14.3 Å². The fraction of sp³-hybridized carbons (Fsp3) is 0.357. The molecule has 1 aliphatic rings. The van der Waals surface area contributed by atoms with E-state index >= 15 is 0 Å². The van der Waals surface area contributed by atoms with Gasteiger partial charge in [0.05, 0.1) is 11.9 Å². The Morgan fingerprint density at radius 2 is 2.10 bits per heavy atom. The fourth-order valence-corrected chi connectivity index (χ4v) is 3.79. The van der Waals surface area contributed by atoms with Gasteiger partial charge in [-0.25, -0.2) is 13.4 Å². The van der Waals surface area contributed by atoms with Crippen molar-refractivity contribution in [3.05, 3.63) is 47.9 Å². The van der Waals surface area contributed by atoms with Crippen molar-refractivity contribution >= 4 is 10.0 Å². The minimum atomic E-state index is -3.58. The van der Waals surface area contributed by atoms with Crippen molar-refractivity contribution in [2.45, 2.75) is 30.3 Å². The van der Waals surface area contributed by atoms with Crippen molar-refractivity contribution in [2.24, 2.45) is 7.05 Å². The summed E-state index contributed by atoms with van der Waals surface area (Å²) in [5.41, 5.74) is 1.70. The lowest BCUT2D eigenvalue weighted by molar-refractivity contribution is 0.548. The molecule has 0 aliphatic heterocycles. The van der Waals surface area contributed by atoms with Gasteiger partial charge in [-0.1, -0.05) is 29.8 Å². The van der Waals surface area contributed by atoms with E-state index in [1.807, 2.05) is 31.2 Å². The monoisotopic (exact) mass is 291 g/mol. The number of aryl methyl sites for hydroxylation is 2. The van der Waals surface area contributed by atoms with E-state index in [9.17, 15) is 8.42 Å². The zero-order valence-corrected chi connectivity index (χ0v) is 12.3. The van der Waals surface area contributed by atoms with Gasteiger partial charge >= 0.3 is 0 Å². The summed E-state index contributed by atoms with van der Waals surface area (Å²) in [4.78, 5) is 3.92. The minimum absolute atomic E-state index is 0.0685. The van der Waals surface area contributed by atoms with E-state index in [2.05, 4.69) is 9.71 Å². The molecule has 0 radical (unpaired) electrons. The first kappa shape index (κ1) is 13.3. The van der Waals surface area contributed by atoms with Crippen LogP contribution in [0.25, 0.3) is 0 Å². The number of nitrogens with zero attached hydrogens (tertiary/aromatic N) is 2. The van der Waals surface area contributed by atoms with Gasteiger partial charge < -0.3 is 4.57 Å². The molecular weight excluding hydrogens is 274 g/mol. The number of sulfonamides is 1. The third kappa shape index (κ3) is 2.36. The van der Waals surface area contributed by atoms with Crippen molar-refractivity contribution in [1.29, 1.82) is 0 Å². The standard InChI is InChI=1S/C14H17N3O2S/c1-11-4-3-5-12(8-11)14(6-7-14)16-20(18,19)13-9-17(2)10-15-13/h3-5,8-10,16H,6-7H2,1-2H3. The summed E-state index contributed by atoms with van der Waals surface area (Å²) in [6.07, 6.45) is 4.64. The second kappa shape index (κ2) is 4.43. The third-order valence-corrected chi connectivity index (χ3v) is 5.03. The van der Waals surface area contributed by atoms with Crippen LogP contribution in [-0.2, 0) is 22.6 Å². The number of aromatic nitrogens is 2. The molecule has 0 saturated heterocycles. The highest BCUT2D eigenvalue weighted by molar-refractivity contribution is 7.89. The van der Waals surface area contributed by atoms with Gasteiger partial charge in [-0.3, -0.25) is 0 Å². The first-order chi connectivity index (χ1) is 9.41. The first-order valence-corrected chi connectivity index (χ1v) is 7.99. The number of hydrogen-bond acceptors (Lipinski definition) is 3. The van der Waals surface area contributed by atoms with Crippen molar-refractivity contribution in [3.63, 3.8) is 0 Å². The van der Waals surface area contributed by atoms with Gasteiger partial charge in [0.2, 0.25) is 0 Å². The summed E-state index contributed by atoms with van der Waals surface area (Å²) < 4.78 is 29.2. The largest absolute Gasteiger partial charge is 0.339 e. The molecule has 2 aromatic rings. The summed E-state index contributed by atoms with van der Waals surface area (Å²) in [6, 6.07) is 7.97. The molecule has 0 unspecified atom stereocenters. The lowest BCUT2D eigenvalue weighted by Crippen LogP contribution is -2.35. The molecule has 1 heterocycles. The highest BCUT2D eigenvalue weighted by Gasteiger charge is 2.47. The molecule has 0 bridgehead atoms. The van der Waals surface area contributed by atoms with Crippen LogP contribution < -0.4 is 4.72 Å². The maximum atomic E-state index is 12.4. The predicted octanol–water partition coefficient (Wildman–Crippen LogP) is 1.70. The Bertz CT molecular complexity index is 745.